The summed E-state index contributed by atoms with van der Waals surface area (Å²) in [6, 6.07) is 4.13. The van der Waals surface area contributed by atoms with E-state index in [1.54, 1.807) is 0 Å². The van der Waals surface area contributed by atoms with E-state index >= 15 is 0 Å². The zero-order chi connectivity index (χ0) is 12.8. The van der Waals surface area contributed by atoms with Crippen LogP contribution in [0.15, 0.2) is 12.1 Å². The molecule has 3 nitrogen and oxygen atoms in total. The Balaban J connectivity index is 2.51. The van der Waals surface area contributed by atoms with Crippen molar-refractivity contribution in [3.63, 3.8) is 0 Å². The lowest BCUT2D eigenvalue weighted by molar-refractivity contribution is -0.122. The number of rotatable bonds is 7. The van der Waals surface area contributed by atoms with Crippen molar-refractivity contribution in [1.82, 2.24) is 4.90 Å². The maximum Gasteiger partial charge on any atom is 0.234 e. The molecule has 0 bridgehead atoms. The van der Waals surface area contributed by atoms with Gasteiger partial charge in [0.2, 0.25) is 5.91 Å². The van der Waals surface area contributed by atoms with E-state index in [1.165, 1.54) is 22.6 Å². The molecule has 0 aromatic carbocycles. The number of nitrogens with zero attached hydrogens (tertiary/aromatic N) is 1. The van der Waals surface area contributed by atoms with E-state index in [2.05, 4.69) is 19.1 Å². The molecule has 0 aliphatic heterocycles. The maximum absolute atomic E-state index is 11.1. The van der Waals surface area contributed by atoms with Gasteiger partial charge in [0, 0.05) is 16.3 Å². The fraction of sp³-hybridized carbons (Fsp3) is 0.615. The first-order valence-corrected chi connectivity index (χ1v) is 6.93. The molecule has 0 unspecified atom stereocenters. The molecular formula is C13H22N2OS. The average Bonchev–Trinajstić information content (AvgIpc) is 2.72. The summed E-state index contributed by atoms with van der Waals surface area (Å²) in [5.41, 5.74) is 5.28. The van der Waals surface area contributed by atoms with Crippen molar-refractivity contribution in [2.75, 3.05) is 7.05 Å². The van der Waals surface area contributed by atoms with E-state index in [9.17, 15) is 4.79 Å². The number of carbonyl (C=O) groups excluding carboxylic acids is 1. The van der Waals surface area contributed by atoms with E-state index in [0.717, 1.165) is 13.0 Å². The van der Waals surface area contributed by atoms with Gasteiger partial charge >= 0.3 is 0 Å². The van der Waals surface area contributed by atoms with Gasteiger partial charge in [-0.15, -0.1) is 11.3 Å². The molecule has 1 aromatic heterocycles. The highest BCUT2D eigenvalue weighted by atomic mass is 32.1. The Morgan fingerprint density at radius 1 is 1.47 bits per heavy atom. The van der Waals surface area contributed by atoms with Crippen molar-refractivity contribution < 1.29 is 4.79 Å². The Morgan fingerprint density at radius 3 is 2.71 bits per heavy atom. The van der Waals surface area contributed by atoms with Gasteiger partial charge in [-0.3, -0.25) is 9.69 Å². The second kappa shape index (κ2) is 6.77. The zero-order valence-electron chi connectivity index (χ0n) is 10.9. The molecule has 96 valence electrons. The van der Waals surface area contributed by atoms with Gasteiger partial charge < -0.3 is 5.73 Å². The van der Waals surface area contributed by atoms with Crippen LogP contribution in [0.4, 0.5) is 0 Å². The second-order valence-electron chi connectivity index (χ2n) is 4.47. The summed E-state index contributed by atoms with van der Waals surface area (Å²) in [5.74, 6) is -0.268. The lowest BCUT2D eigenvalue weighted by Crippen LogP contribution is -2.39. The van der Waals surface area contributed by atoms with Gasteiger partial charge in [0.15, 0.2) is 0 Å². The van der Waals surface area contributed by atoms with E-state index in [0.29, 0.717) is 0 Å². The first kappa shape index (κ1) is 14.2. The smallest absolute Gasteiger partial charge is 0.234 e. The van der Waals surface area contributed by atoms with E-state index in [4.69, 9.17) is 5.73 Å². The first-order chi connectivity index (χ1) is 8.04. The fourth-order valence-electron chi connectivity index (χ4n) is 1.59. The number of likely N-dealkylation sites (N-methyl/N-ethyl adjacent to an activating group) is 1. The Hall–Kier alpha value is -0.870. The van der Waals surface area contributed by atoms with Crippen molar-refractivity contribution in [3.8, 4) is 0 Å². The molecule has 0 aliphatic carbocycles. The summed E-state index contributed by atoms with van der Waals surface area (Å²) in [6.07, 6.45) is 3.63. The van der Waals surface area contributed by atoms with Crippen LogP contribution in [-0.4, -0.2) is 23.9 Å². The number of aryl methyl sites for hydroxylation is 1. The average molecular weight is 254 g/mol. The monoisotopic (exact) mass is 254 g/mol. The van der Waals surface area contributed by atoms with E-state index < -0.39 is 0 Å². The van der Waals surface area contributed by atoms with Crippen molar-refractivity contribution in [1.29, 1.82) is 0 Å². The Labute approximate surface area is 108 Å². The highest BCUT2D eigenvalue weighted by Crippen LogP contribution is 2.20. The molecular weight excluding hydrogens is 232 g/mol. The molecule has 0 spiro atoms. The zero-order valence-corrected chi connectivity index (χ0v) is 11.7. The molecule has 1 atom stereocenters. The van der Waals surface area contributed by atoms with Gasteiger partial charge in [0.25, 0.3) is 0 Å². The number of hydrogen-bond donors (Lipinski definition) is 1. The molecule has 0 saturated carbocycles. The third-order valence-corrected chi connectivity index (χ3v) is 4.10. The summed E-state index contributed by atoms with van der Waals surface area (Å²) in [4.78, 5) is 15.8. The van der Waals surface area contributed by atoms with Gasteiger partial charge in [-0.25, -0.2) is 0 Å². The molecule has 1 rings (SSSR count). The van der Waals surface area contributed by atoms with Crippen LogP contribution in [0.3, 0.4) is 0 Å². The molecule has 4 heteroatoms. The Kier molecular flexibility index (Phi) is 5.65. The molecule has 0 radical (unpaired) electrons. The molecule has 17 heavy (non-hydrogen) atoms. The largest absolute Gasteiger partial charge is 0.368 e. The van der Waals surface area contributed by atoms with Crippen LogP contribution in [0.2, 0.25) is 0 Å². The van der Waals surface area contributed by atoms with Crippen molar-refractivity contribution >= 4 is 17.2 Å². The van der Waals surface area contributed by atoms with Gasteiger partial charge in [0.05, 0.1) is 6.04 Å². The number of thiophene rings is 1. The Bertz CT molecular complexity index is 362. The van der Waals surface area contributed by atoms with Crippen LogP contribution >= 0.6 is 11.3 Å². The van der Waals surface area contributed by atoms with E-state index in [-0.39, 0.29) is 11.9 Å². The summed E-state index contributed by atoms with van der Waals surface area (Å²) in [7, 11) is 1.93. The second-order valence-corrected chi connectivity index (χ2v) is 5.72. The summed E-state index contributed by atoms with van der Waals surface area (Å²) >= 11 is 1.84. The maximum atomic E-state index is 11.1. The summed E-state index contributed by atoms with van der Waals surface area (Å²) in [6.45, 7) is 4.84. The van der Waals surface area contributed by atoms with Crippen LogP contribution in [0, 0.1) is 0 Å². The van der Waals surface area contributed by atoms with Gasteiger partial charge in [0.1, 0.15) is 0 Å². The lowest BCUT2D eigenvalue weighted by Gasteiger charge is -2.20. The molecule has 1 aromatic rings. The summed E-state index contributed by atoms with van der Waals surface area (Å²) in [5, 5.41) is 0. The molecule has 0 aliphatic rings. The third kappa shape index (κ3) is 4.48. The van der Waals surface area contributed by atoms with Crippen LogP contribution in [0.25, 0.3) is 0 Å². The number of nitrogens with two attached hydrogens (primary N) is 1. The van der Waals surface area contributed by atoms with Crippen LogP contribution in [0.5, 0.6) is 0 Å². The van der Waals surface area contributed by atoms with Crippen molar-refractivity contribution in [2.45, 2.75) is 45.7 Å². The number of amides is 1. The minimum Gasteiger partial charge on any atom is -0.368 e. The standard InChI is InChI=1S/C13H22N2OS/c1-4-5-6-11-7-8-12(17-11)9-15(3)10(2)13(14)16/h7-8,10H,4-6,9H2,1-3H3,(H2,14,16)/t10-/m0/s1. The third-order valence-electron chi connectivity index (χ3n) is 2.97. The first-order valence-electron chi connectivity index (χ1n) is 6.11. The Morgan fingerprint density at radius 2 is 2.12 bits per heavy atom. The SMILES string of the molecule is CCCCc1ccc(CN(C)[C@@H](C)C(N)=O)s1. The molecule has 2 N–H and O–H groups in total. The topological polar surface area (TPSA) is 46.3 Å². The predicted octanol–water partition coefficient (Wildman–Crippen LogP) is 2.40. The number of unbranched alkanes of at least 4 members (excludes halogenated alkanes) is 1. The quantitative estimate of drug-likeness (QED) is 0.812. The number of primary amides is 1. The van der Waals surface area contributed by atoms with Gasteiger partial charge in [-0.05, 0) is 38.9 Å². The van der Waals surface area contributed by atoms with Gasteiger partial charge in [-0.1, -0.05) is 13.3 Å². The predicted molar refractivity (Wildman–Crippen MR) is 73.1 cm³/mol. The molecule has 1 amide bonds. The van der Waals surface area contributed by atoms with E-state index in [1.807, 2.05) is 30.2 Å². The number of hydrogen-bond acceptors (Lipinski definition) is 3. The highest BCUT2D eigenvalue weighted by molar-refractivity contribution is 7.11. The fourth-order valence-corrected chi connectivity index (χ4v) is 2.72. The lowest BCUT2D eigenvalue weighted by atomic mass is 10.2. The van der Waals surface area contributed by atoms with Crippen molar-refractivity contribution in [3.05, 3.63) is 21.9 Å². The van der Waals surface area contributed by atoms with Crippen LogP contribution < -0.4 is 5.73 Å². The van der Waals surface area contributed by atoms with Crippen LogP contribution in [-0.2, 0) is 17.8 Å². The minimum absolute atomic E-state index is 0.212. The summed E-state index contributed by atoms with van der Waals surface area (Å²) < 4.78 is 0. The molecule has 0 fully saturated rings. The molecule has 1 heterocycles. The van der Waals surface area contributed by atoms with Gasteiger partial charge in [-0.2, -0.15) is 0 Å². The minimum atomic E-state index is -0.268. The van der Waals surface area contributed by atoms with Crippen LogP contribution in [0.1, 0.15) is 36.4 Å². The molecule has 0 saturated heterocycles. The van der Waals surface area contributed by atoms with Crippen molar-refractivity contribution in [2.24, 2.45) is 5.73 Å². The normalized spacial score (nSPS) is 12.9. The highest BCUT2D eigenvalue weighted by Gasteiger charge is 2.15. The number of carbonyl (C=O) groups is 1.